The molecule has 2 heterocycles. The fraction of sp³-hybridized carbons (Fsp3) is 0.500. The zero-order valence-corrected chi connectivity index (χ0v) is 20.0. The van der Waals surface area contributed by atoms with E-state index in [1.54, 1.807) is 19.1 Å². The van der Waals surface area contributed by atoms with E-state index < -0.39 is 0 Å². The first-order chi connectivity index (χ1) is 15.5. The molecule has 33 heavy (non-hydrogen) atoms. The zero-order valence-electron chi connectivity index (χ0n) is 20.0. The van der Waals surface area contributed by atoms with Gasteiger partial charge in [-0.1, -0.05) is 26.0 Å². The van der Waals surface area contributed by atoms with Crippen LogP contribution in [-0.4, -0.2) is 47.8 Å². The van der Waals surface area contributed by atoms with Crippen LogP contribution in [0.3, 0.4) is 0 Å². The Bertz CT molecular complexity index is 1070. The highest BCUT2D eigenvalue weighted by molar-refractivity contribution is 6.03. The third-order valence-corrected chi connectivity index (χ3v) is 6.34. The van der Waals surface area contributed by atoms with Gasteiger partial charge in [-0.25, -0.2) is 0 Å². The van der Waals surface area contributed by atoms with Gasteiger partial charge in [-0.05, 0) is 43.9 Å². The van der Waals surface area contributed by atoms with Gasteiger partial charge in [-0.3, -0.25) is 14.4 Å². The van der Waals surface area contributed by atoms with Gasteiger partial charge in [-0.15, -0.1) is 0 Å². The van der Waals surface area contributed by atoms with Crippen molar-refractivity contribution in [3.8, 4) is 0 Å². The number of ether oxygens (including phenoxy) is 1. The molecule has 1 aliphatic heterocycles. The fourth-order valence-electron chi connectivity index (χ4n) is 4.85. The molecule has 2 unspecified atom stereocenters. The largest absolute Gasteiger partial charge is 0.455 e. The number of rotatable bonds is 4. The lowest BCUT2D eigenvalue weighted by Gasteiger charge is -2.35. The van der Waals surface area contributed by atoms with Crippen LogP contribution in [0, 0.1) is 12.3 Å². The van der Waals surface area contributed by atoms with Crippen LogP contribution in [0.5, 0.6) is 0 Å². The Labute approximate surface area is 194 Å². The molecule has 1 aromatic carbocycles. The smallest absolute Gasteiger partial charge is 0.287 e. The second-order valence-corrected chi connectivity index (χ2v) is 10.1. The van der Waals surface area contributed by atoms with Crippen molar-refractivity contribution >= 4 is 17.6 Å². The summed E-state index contributed by atoms with van der Waals surface area (Å²) < 4.78 is 11.5. The summed E-state index contributed by atoms with van der Waals surface area (Å²) in [6.07, 6.45) is 1.13. The number of amides is 2. The number of Topliss-reactive ketones (excluding diaryl/α,β-unsaturated/α-hetero) is 1. The third kappa shape index (κ3) is 4.88. The topological polar surface area (TPSA) is 88.8 Å². The molecule has 176 valence electrons. The van der Waals surface area contributed by atoms with Gasteiger partial charge in [0.25, 0.3) is 11.8 Å². The molecule has 4 rings (SSSR count). The Morgan fingerprint density at radius 2 is 1.73 bits per heavy atom. The Hall–Kier alpha value is -2.93. The van der Waals surface area contributed by atoms with Crippen LogP contribution in [0.15, 0.2) is 28.7 Å². The Morgan fingerprint density at radius 3 is 2.36 bits per heavy atom. The van der Waals surface area contributed by atoms with Crippen LogP contribution in [0.4, 0.5) is 0 Å². The van der Waals surface area contributed by atoms with Gasteiger partial charge in [0, 0.05) is 43.6 Å². The molecule has 7 nitrogen and oxygen atoms in total. The number of nitrogens with zero attached hydrogens (tertiary/aromatic N) is 1. The first kappa shape index (κ1) is 23.2. The number of hydrogen-bond donors (Lipinski definition) is 1. The number of fused-ring (bicyclic) bond motifs is 1. The summed E-state index contributed by atoms with van der Waals surface area (Å²) in [6, 6.07) is 7.25. The SMILES string of the molecule is Cc1c(C(=O)NCc2ccc(C(=O)N3CC(C)OC(C)C3)cc2)oc2c1C(=O)CC(C)(C)C2. The number of carbonyl (C=O) groups is 3. The highest BCUT2D eigenvalue weighted by atomic mass is 16.5. The van der Waals surface area contributed by atoms with E-state index >= 15 is 0 Å². The van der Waals surface area contributed by atoms with Crippen LogP contribution in [0.25, 0.3) is 0 Å². The number of carbonyl (C=O) groups excluding carboxylic acids is 3. The van der Waals surface area contributed by atoms with Crippen LogP contribution in [0.2, 0.25) is 0 Å². The minimum Gasteiger partial charge on any atom is -0.455 e. The maximum Gasteiger partial charge on any atom is 0.287 e. The molecule has 1 N–H and O–H groups in total. The van der Waals surface area contributed by atoms with E-state index in [1.807, 2.05) is 44.7 Å². The molecule has 1 aliphatic carbocycles. The highest BCUT2D eigenvalue weighted by Gasteiger charge is 2.37. The molecule has 0 saturated carbocycles. The van der Waals surface area contributed by atoms with Crippen LogP contribution < -0.4 is 5.32 Å². The molecule has 0 radical (unpaired) electrons. The van der Waals surface area contributed by atoms with Crippen LogP contribution in [0.1, 0.15) is 82.3 Å². The number of ketones is 1. The van der Waals surface area contributed by atoms with Gasteiger partial charge in [0.15, 0.2) is 11.5 Å². The maximum absolute atomic E-state index is 12.8. The lowest BCUT2D eigenvalue weighted by atomic mass is 9.76. The second-order valence-electron chi connectivity index (χ2n) is 10.1. The van der Waals surface area contributed by atoms with Crippen molar-refractivity contribution in [2.24, 2.45) is 5.41 Å². The predicted molar refractivity (Wildman–Crippen MR) is 123 cm³/mol. The molecule has 2 aliphatic rings. The second kappa shape index (κ2) is 8.78. The summed E-state index contributed by atoms with van der Waals surface area (Å²) in [7, 11) is 0. The average Bonchev–Trinajstić information content (AvgIpc) is 3.06. The van der Waals surface area contributed by atoms with Gasteiger partial charge in [0.2, 0.25) is 0 Å². The first-order valence-electron chi connectivity index (χ1n) is 11.5. The summed E-state index contributed by atoms with van der Waals surface area (Å²) in [6.45, 7) is 11.2. The minimum absolute atomic E-state index is 0.0167. The summed E-state index contributed by atoms with van der Waals surface area (Å²) in [5, 5.41) is 2.87. The number of nitrogens with one attached hydrogen (secondary N) is 1. The van der Waals surface area contributed by atoms with Gasteiger partial charge < -0.3 is 19.4 Å². The van der Waals surface area contributed by atoms with Crippen molar-refractivity contribution in [3.05, 3.63) is 58.0 Å². The number of benzene rings is 1. The standard InChI is InChI=1S/C26H32N2O5/c1-15-13-28(14-16(2)32-15)25(31)19-8-6-18(7-9-19)12-27-24(30)23-17(3)22-20(29)10-26(4,5)11-21(22)33-23/h6-9,15-16H,10-14H2,1-5H3,(H,27,30). The number of furan rings is 1. The van der Waals surface area contributed by atoms with E-state index in [9.17, 15) is 14.4 Å². The Balaban J connectivity index is 1.40. The van der Waals surface area contributed by atoms with Gasteiger partial charge in [0.1, 0.15) is 5.76 Å². The quantitative estimate of drug-likeness (QED) is 0.760. The third-order valence-electron chi connectivity index (χ3n) is 6.34. The van der Waals surface area contributed by atoms with Crippen molar-refractivity contribution in [2.45, 2.75) is 66.2 Å². The van der Waals surface area contributed by atoms with Crippen molar-refractivity contribution in [1.29, 1.82) is 0 Å². The van der Waals surface area contributed by atoms with Gasteiger partial charge in [0.05, 0.1) is 17.8 Å². The molecule has 2 aromatic rings. The molecule has 0 bridgehead atoms. The average molecular weight is 453 g/mol. The van der Waals surface area contributed by atoms with Gasteiger partial charge in [-0.2, -0.15) is 0 Å². The maximum atomic E-state index is 12.8. The molecule has 1 saturated heterocycles. The number of morpholine rings is 1. The Kier molecular flexibility index (Phi) is 6.18. The lowest BCUT2D eigenvalue weighted by Crippen LogP contribution is -2.48. The normalized spacial score (nSPS) is 22.1. The van der Waals surface area contributed by atoms with Crippen molar-refractivity contribution < 1.29 is 23.5 Å². The van der Waals surface area contributed by atoms with Crippen molar-refractivity contribution in [2.75, 3.05) is 13.1 Å². The van der Waals surface area contributed by atoms with E-state index in [-0.39, 0.29) is 41.0 Å². The van der Waals surface area contributed by atoms with Crippen LogP contribution >= 0.6 is 0 Å². The predicted octanol–water partition coefficient (Wildman–Crippen LogP) is 3.92. The molecule has 1 fully saturated rings. The summed E-state index contributed by atoms with van der Waals surface area (Å²) in [4.78, 5) is 40.0. The molecule has 7 heteroatoms. The first-order valence-corrected chi connectivity index (χ1v) is 11.5. The molecule has 1 aromatic heterocycles. The summed E-state index contributed by atoms with van der Waals surface area (Å²) >= 11 is 0. The zero-order chi connectivity index (χ0) is 23.9. The van der Waals surface area contributed by atoms with E-state index in [0.717, 1.165) is 5.56 Å². The Morgan fingerprint density at radius 1 is 1.09 bits per heavy atom. The molecular formula is C26H32N2O5. The van der Waals surface area contributed by atoms with E-state index in [1.165, 1.54) is 0 Å². The van der Waals surface area contributed by atoms with Gasteiger partial charge >= 0.3 is 0 Å². The summed E-state index contributed by atoms with van der Waals surface area (Å²) in [5.41, 5.74) is 2.49. The molecular weight excluding hydrogens is 420 g/mol. The van der Waals surface area contributed by atoms with Crippen LogP contribution in [-0.2, 0) is 17.7 Å². The summed E-state index contributed by atoms with van der Waals surface area (Å²) in [5.74, 6) is 0.480. The monoisotopic (exact) mass is 452 g/mol. The van der Waals surface area contributed by atoms with Crippen molar-refractivity contribution in [3.63, 3.8) is 0 Å². The fourth-order valence-corrected chi connectivity index (χ4v) is 4.85. The van der Waals surface area contributed by atoms with E-state index in [4.69, 9.17) is 9.15 Å². The van der Waals surface area contributed by atoms with E-state index in [2.05, 4.69) is 5.32 Å². The van der Waals surface area contributed by atoms with Crippen molar-refractivity contribution in [1.82, 2.24) is 10.2 Å². The minimum atomic E-state index is -0.344. The molecule has 2 amide bonds. The highest BCUT2D eigenvalue weighted by Crippen LogP contribution is 2.38. The van der Waals surface area contributed by atoms with E-state index in [0.29, 0.717) is 54.9 Å². The molecule has 2 atom stereocenters. The lowest BCUT2D eigenvalue weighted by molar-refractivity contribution is -0.0586. The number of hydrogen-bond acceptors (Lipinski definition) is 5. The molecule has 0 spiro atoms.